The molecule has 0 amide bonds. The summed E-state index contributed by atoms with van der Waals surface area (Å²) in [4.78, 5) is -1.71. The zero-order chi connectivity index (χ0) is 14.0. The van der Waals surface area contributed by atoms with Crippen molar-refractivity contribution in [2.75, 3.05) is 0 Å². The Hall–Kier alpha value is -0.130. The molecular weight excluding hydrogens is 250 g/mol. The van der Waals surface area contributed by atoms with E-state index in [0.29, 0.717) is 5.92 Å². The van der Waals surface area contributed by atoms with Crippen molar-refractivity contribution in [3.05, 3.63) is 0 Å². The van der Waals surface area contributed by atoms with Crippen molar-refractivity contribution in [2.24, 2.45) is 11.7 Å². The molecule has 4 nitrogen and oxygen atoms in total. The zero-order valence-electron chi connectivity index (χ0n) is 11.7. The highest BCUT2D eigenvalue weighted by molar-refractivity contribution is 7.93. The summed E-state index contributed by atoms with van der Waals surface area (Å²) in [6.07, 6.45) is 6.79. The summed E-state index contributed by atoms with van der Waals surface area (Å²) in [5, 5.41) is 9.03. The van der Waals surface area contributed by atoms with Gasteiger partial charge in [-0.05, 0) is 33.1 Å². The van der Waals surface area contributed by atoms with Crippen LogP contribution in [0.4, 0.5) is 0 Å². The molecule has 1 aliphatic carbocycles. The molecule has 0 bridgehead atoms. The molecule has 1 aliphatic rings. The minimum atomic E-state index is -3.60. The van der Waals surface area contributed by atoms with Gasteiger partial charge in [0, 0.05) is 6.04 Å². The van der Waals surface area contributed by atoms with Crippen LogP contribution < -0.4 is 5.73 Å². The molecule has 0 aliphatic heterocycles. The molecule has 0 radical (unpaired) electrons. The average Bonchev–Trinajstić information content (AvgIpc) is 2.27. The number of nitrogens with two attached hydrogens (primary N) is 1. The van der Waals surface area contributed by atoms with Crippen LogP contribution in [0.5, 0.6) is 0 Å². The van der Waals surface area contributed by atoms with E-state index < -0.39 is 20.0 Å². The standard InChI is InChI=1S/C13H27NO3S/c1-10(18(16,17)13(2,3)15)12(14)9-11-7-5-4-6-8-11/h10-12,15H,4-9,14H2,1-3H3. The molecule has 1 fully saturated rings. The second-order valence-corrected chi connectivity index (χ2v) is 8.93. The molecule has 0 aromatic rings. The first-order valence-electron chi connectivity index (χ1n) is 6.87. The Morgan fingerprint density at radius 2 is 1.78 bits per heavy atom. The molecule has 0 spiro atoms. The van der Waals surface area contributed by atoms with Crippen LogP contribution in [-0.4, -0.2) is 29.7 Å². The van der Waals surface area contributed by atoms with Crippen LogP contribution in [-0.2, 0) is 9.84 Å². The smallest absolute Gasteiger partial charge is 0.183 e. The maximum absolute atomic E-state index is 12.1. The molecule has 0 aromatic heterocycles. The summed E-state index contributed by atoms with van der Waals surface area (Å²) in [6.45, 7) is 4.24. The minimum absolute atomic E-state index is 0.385. The van der Waals surface area contributed by atoms with Crippen molar-refractivity contribution in [2.45, 2.75) is 75.5 Å². The molecule has 108 valence electrons. The number of sulfone groups is 1. The first-order chi connectivity index (χ1) is 8.16. The quantitative estimate of drug-likeness (QED) is 0.803. The van der Waals surface area contributed by atoms with Crippen LogP contribution in [0.3, 0.4) is 0 Å². The lowest BCUT2D eigenvalue weighted by Gasteiger charge is -2.30. The second-order valence-electron chi connectivity index (χ2n) is 6.10. The van der Waals surface area contributed by atoms with Gasteiger partial charge in [0.1, 0.15) is 0 Å². The summed E-state index contributed by atoms with van der Waals surface area (Å²) >= 11 is 0. The molecule has 0 saturated heterocycles. The third kappa shape index (κ3) is 3.68. The van der Waals surface area contributed by atoms with E-state index in [0.717, 1.165) is 19.3 Å². The van der Waals surface area contributed by atoms with Gasteiger partial charge in [-0.3, -0.25) is 0 Å². The number of hydrogen-bond donors (Lipinski definition) is 2. The predicted molar refractivity (Wildman–Crippen MR) is 73.8 cm³/mol. The van der Waals surface area contributed by atoms with E-state index in [9.17, 15) is 13.5 Å². The highest BCUT2D eigenvalue weighted by Crippen LogP contribution is 2.29. The SMILES string of the molecule is CC(C(N)CC1CCCCC1)S(=O)(=O)C(C)(C)O. The average molecular weight is 277 g/mol. The summed E-state index contributed by atoms with van der Waals surface area (Å²) in [5.41, 5.74) is 6.04. The number of hydrogen-bond acceptors (Lipinski definition) is 4. The van der Waals surface area contributed by atoms with Crippen molar-refractivity contribution in [1.82, 2.24) is 0 Å². The van der Waals surface area contributed by atoms with Crippen molar-refractivity contribution >= 4 is 9.84 Å². The first-order valence-corrected chi connectivity index (χ1v) is 8.42. The van der Waals surface area contributed by atoms with Crippen molar-refractivity contribution in [3.8, 4) is 0 Å². The Kier molecular flexibility index (Phi) is 5.21. The molecule has 0 aromatic carbocycles. The topological polar surface area (TPSA) is 80.4 Å². The third-order valence-electron chi connectivity index (χ3n) is 4.12. The van der Waals surface area contributed by atoms with Gasteiger partial charge >= 0.3 is 0 Å². The van der Waals surface area contributed by atoms with Gasteiger partial charge in [-0.25, -0.2) is 8.42 Å². The number of aliphatic hydroxyl groups is 1. The Bertz CT molecular complexity index is 353. The molecular formula is C13H27NO3S. The number of rotatable bonds is 5. The van der Waals surface area contributed by atoms with Gasteiger partial charge < -0.3 is 10.8 Å². The molecule has 2 unspecified atom stereocenters. The van der Waals surface area contributed by atoms with Gasteiger partial charge in [-0.15, -0.1) is 0 Å². The van der Waals surface area contributed by atoms with Crippen LogP contribution in [0.1, 0.15) is 59.3 Å². The summed E-state index contributed by atoms with van der Waals surface area (Å²) in [5.74, 6) is 0.549. The summed E-state index contributed by atoms with van der Waals surface area (Å²) in [6, 6.07) is -0.385. The Morgan fingerprint density at radius 3 is 2.22 bits per heavy atom. The fraction of sp³-hybridized carbons (Fsp3) is 1.00. The fourth-order valence-electron chi connectivity index (χ4n) is 2.68. The van der Waals surface area contributed by atoms with E-state index in [1.54, 1.807) is 6.92 Å². The lowest BCUT2D eigenvalue weighted by Crippen LogP contribution is -2.47. The molecule has 3 N–H and O–H groups in total. The van der Waals surface area contributed by atoms with Crippen LogP contribution in [0.25, 0.3) is 0 Å². The van der Waals surface area contributed by atoms with E-state index in [1.165, 1.54) is 33.1 Å². The van der Waals surface area contributed by atoms with Crippen LogP contribution >= 0.6 is 0 Å². The van der Waals surface area contributed by atoms with E-state index in [2.05, 4.69) is 0 Å². The van der Waals surface area contributed by atoms with Gasteiger partial charge in [0.05, 0.1) is 5.25 Å². The van der Waals surface area contributed by atoms with Gasteiger partial charge in [0.2, 0.25) is 0 Å². The monoisotopic (exact) mass is 277 g/mol. The third-order valence-corrected chi connectivity index (χ3v) is 6.84. The first kappa shape index (κ1) is 15.9. The highest BCUT2D eigenvalue weighted by Gasteiger charge is 2.39. The molecule has 5 heteroatoms. The molecule has 0 heterocycles. The summed E-state index contributed by atoms with van der Waals surface area (Å²) in [7, 11) is -3.60. The fourth-order valence-corrected chi connectivity index (χ4v) is 4.17. The van der Waals surface area contributed by atoms with Gasteiger partial charge in [-0.1, -0.05) is 32.1 Å². The van der Waals surface area contributed by atoms with Crippen LogP contribution in [0.15, 0.2) is 0 Å². The lowest BCUT2D eigenvalue weighted by atomic mass is 9.84. The maximum Gasteiger partial charge on any atom is 0.183 e. The second kappa shape index (κ2) is 5.88. The van der Waals surface area contributed by atoms with Crippen molar-refractivity contribution < 1.29 is 13.5 Å². The molecule has 2 atom stereocenters. The van der Waals surface area contributed by atoms with Crippen molar-refractivity contribution in [3.63, 3.8) is 0 Å². The lowest BCUT2D eigenvalue weighted by molar-refractivity contribution is 0.162. The minimum Gasteiger partial charge on any atom is -0.375 e. The zero-order valence-corrected chi connectivity index (χ0v) is 12.5. The van der Waals surface area contributed by atoms with Crippen LogP contribution in [0.2, 0.25) is 0 Å². The molecule has 1 saturated carbocycles. The van der Waals surface area contributed by atoms with E-state index in [1.807, 2.05) is 0 Å². The van der Waals surface area contributed by atoms with Crippen LogP contribution in [0, 0.1) is 5.92 Å². The van der Waals surface area contributed by atoms with E-state index in [-0.39, 0.29) is 6.04 Å². The van der Waals surface area contributed by atoms with Gasteiger partial charge in [-0.2, -0.15) is 0 Å². The largest absolute Gasteiger partial charge is 0.375 e. The van der Waals surface area contributed by atoms with E-state index in [4.69, 9.17) is 5.73 Å². The van der Waals surface area contributed by atoms with Crippen molar-refractivity contribution in [1.29, 1.82) is 0 Å². The molecule has 1 rings (SSSR count). The van der Waals surface area contributed by atoms with E-state index >= 15 is 0 Å². The Morgan fingerprint density at radius 1 is 1.28 bits per heavy atom. The Labute approximate surface area is 111 Å². The predicted octanol–water partition coefficient (Wildman–Crippen LogP) is 1.82. The van der Waals surface area contributed by atoms with Gasteiger partial charge in [0.25, 0.3) is 0 Å². The Balaban J connectivity index is 2.63. The summed E-state index contributed by atoms with van der Waals surface area (Å²) < 4.78 is 24.2. The normalized spacial score (nSPS) is 22.7. The maximum atomic E-state index is 12.1. The molecule has 18 heavy (non-hydrogen) atoms. The highest BCUT2D eigenvalue weighted by atomic mass is 32.2. The van der Waals surface area contributed by atoms with Gasteiger partial charge in [0.15, 0.2) is 14.8 Å².